The summed E-state index contributed by atoms with van der Waals surface area (Å²) in [6.45, 7) is 7.83. The molecular formula is C25H20FN5S. The molecule has 32 heavy (non-hydrogen) atoms. The average molecular weight is 442 g/mol. The summed E-state index contributed by atoms with van der Waals surface area (Å²) in [5.41, 5.74) is 7.75. The summed E-state index contributed by atoms with van der Waals surface area (Å²) < 4.78 is 13.6. The zero-order valence-corrected chi connectivity index (χ0v) is 18.4. The Hall–Kier alpha value is -3.84. The maximum atomic E-state index is 13.6. The predicted octanol–water partition coefficient (Wildman–Crippen LogP) is 6.90. The first-order valence-corrected chi connectivity index (χ1v) is 11.0. The minimum Gasteiger partial charge on any atom is -0.353 e. The Labute approximate surface area is 188 Å². The third kappa shape index (κ3) is 3.46. The first-order chi connectivity index (χ1) is 15.6. The van der Waals surface area contributed by atoms with Gasteiger partial charge in [-0.15, -0.1) is 11.3 Å². The number of nitrogens with zero attached hydrogens (tertiary/aromatic N) is 3. The fourth-order valence-electron chi connectivity index (χ4n) is 3.68. The molecule has 5 aromatic rings. The van der Waals surface area contributed by atoms with E-state index in [1.54, 1.807) is 12.3 Å². The van der Waals surface area contributed by atoms with Crippen LogP contribution >= 0.6 is 11.3 Å². The molecule has 0 aliphatic heterocycles. The quantitative estimate of drug-likeness (QED) is 0.291. The van der Waals surface area contributed by atoms with Crippen molar-refractivity contribution in [2.75, 3.05) is 0 Å². The Kier molecular flexibility index (Phi) is 5.03. The fraction of sp³-hybridized carbons (Fsp3) is 0.0800. The summed E-state index contributed by atoms with van der Waals surface area (Å²) in [7, 11) is 0. The molecule has 0 amide bonds. The molecule has 2 N–H and O–H groups in total. The summed E-state index contributed by atoms with van der Waals surface area (Å²) in [6.07, 6.45) is 7.63. The number of aromatic nitrogens is 5. The molecule has 0 aromatic carbocycles. The van der Waals surface area contributed by atoms with Gasteiger partial charge in [0.05, 0.1) is 27.5 Å². The summed E-state index contributed by atoms with van der Waals surface area (Å²) in [5.74, 6) is 0. The minimum atomic E-state index is -0.231. The lowest BCUT2D eigenvalue weighted by Gasteiger charge is -2.03. The third-order valence-electron chi connectivity index (χ3n) is 5.33. The van der Waals surface area contributed by atoms with Crippen molar-refractivity contribution in [1.29, 1.82) is 0 Å². The molecular weight excluding hydrogens is 421 g/mol. The molecule has 0 aliphatic rings. The first kappa shape index (κ1) is 20.1. The molecule has 0 aliphatic carbocycles. The SMILES string of the molecule is C=C/C(C)=C\C(=C/C)c1ccc2[nH]nc(-c3cc4c(-c5ccc(F)s5)nccc4[nH]3)c2n1. The third-order valence-corrected chi connectivity index (χ3v) is 6.21. The molecule has 0 bridgehead atoms. The second-order valence-corrected chi connectivity index (χ2v) is 8.44. The number of allylic oxidation sites excluding steroid dienone is 5. The number of rotatable bonds is 5. The largest absolute Gasteiger partial charge is 0.353 e. The lowest BCUT2D eigenvalue weighted by atomic mass is 10.1. The number of halogens is 1. The van der Waals surface area contributed by atoms with E-state index in [9.17, 15) is 4.39 Å². The van der Waals surface area contributed by atoms with Crippen molar-refractivity contribution < 1.29 is 4.39 Å². The van der Waals surface area contributed by atoms with Gasteiger partial charge in [0.25, 0.3) is 0 Å². The van der Waals surface area contributed by atoms with Crippen LogP contribution in [0, 0.1) is 5.13 Å². The van der Waals surface area contributed by atoms with Crippen LogP contribution in [-0.4, -0.2) is 25.1 Å². The Balaban J connectivity index is 1.64. The summed E-state index contributed by atoms with van der Waals surface area (Å²) >= 11 is 1.08. The lowest BCUT2D eigenvalue weighted by molar-refractivity contribution is 0.657. The minimum absolute atomic E-state index is 0.231. The van der Waals surface area contributed by atoms with Gasteiger partial charge in [-0.25, -0.2) is 4.98 Å². The Morgan fingerprint density at radius 2 is 2.00 bits per heavy atom. The van der Waals surface area contributed by atoms with Crippen molar-refractivity contribution in [1.82, 2.24) is 25.1 Å². The topological polar surface area (TPSA) is 70.2 Å². The molecule has 0 radical (unpaired) electrons. The molecule has 0 saturated carbocycles. The van der Waals surface area contributed by atoms with E-state index in [0.29, 0.717) is 0 Å². The zero-order chi connectivity index (χ0) is 22.2. The van der Waals surface area contributed by atoms with Crippen LogP contribution in [0.4, 0.5) is 4.39 Å². The maximum Gasteiger partial charge on any atom is 0.177 e. The van der Waals surface area contributed by atoms with Gasteiger partial charge in [-0.05, 0) is 55.8 Å². The van der Waals surface area contributed by atoms with E-state index >= 15 is 0 Å². The standard InChI is InChI=1S/C25H20FN5S/c1-4-14(3)12-15(5-2)17-6-7-19-24(29-17)25(31-30-19)20-13-16-18(28-20)10-11-27-23(16)21-8-9-22(26)32-21/h4-13,28H,1H2,2-3H3,(H,30,31)/b14-12-,15-5+. The van der Waals surface area contributed by atoms with Crippen molar-refractivity contribution in [3.05, 3.63) is 83.8 Å². The van der Waals surface area contributed by atoms with Crippen LogP contribution in [0.5, 0.6) is 0 Å². The number of H-pyrrole nitrogens is 2. The maximum absolute atomic E-state index is 13.6. The molecule has 0 unspecified atom stereocenters. The molecule has 0 saturated heterocycles. The van der Waals surface area contributed by atoms with Crippen LogP contribution in [0.15, 0.2) is 73.0 Å². The number of thiophene rings is 1. The van der Waals surface area contributed by atoms with E-state index in [-0.39, 0.29) is 5.13 Å². The van der Waals surface area contributed by atoms with E-state index in [2.05, 4.69) is 32.8 Å². The molecule has 158 valence electrons. The Bertz CT molecular complexity index is 1530. The highest BCUT2D eigenvalue weighted by Crippen LogP contribution is 2.35. The van der Waals surface area contributed by atoms with Crippen LogP contribution in [0.3, 0.4) is 0 Å². The van der Waals surface area contributed by atoms with E-state index in [1.807, 2.05) is 50.3 Å². The molecule has 0 spiro atoms. The van der Waals surface area contributed by atoms with Gasteiger partial charge < -0.3 is 4.98 Å². The van der Waals surface area contributed by atoms with Crippen LogP contribution in [0.25, 0.3) is 49.5 Å². The van der Waals surface area contributed by atoms with Crippen LogP contribution in [0.2, 0.25) is 0 Å². The number of pyridine rings is 2. The average Bonchev–Trinajstić information content (AvgIpc) is 3.53. The van der Waals surface area contributed by atoms with Gasteiger partial charge in [-0.3, -0.25) is 10.1 Å². The monoisotopic (exact) mass is 441 g/mol. The second-order valence-electron chi connectivity index (χ2n) is 7.41. The second kappa shape index (κ2) is 8.01. The van der Waals surface area contributed by atoms with E-state index in [4.69, 9.17) is 4.98 Å². The molecule has 0 fully saturated rings. The number of nitrogens with one attached hydrogen (secondary N) is 2. The van der Waals surface area contributed by atoms with Gasteiger partial charge in [0, 0.05) is 17.1 Å². The van der Waals surface area contributed by atoms with Crippen LogP contribution in [0.1, 0.15) is 19.5 Å². The number of hydrogen-bond acceptors (Lipinski definition) is 4. The molecule has 0 atom stereocenters. The van der Waals surface area contributed by atoms with Gasteiger partial charge in [-0.2, -0.15) is 9.49 Å². The van der Waals surface area contributed by atoms with E-state index < -0.39 is 0 Å². The fourth-order valence-corrected chi connectivity index (χ4v) is 4.42. The Morgan fingerprint density at radius 1 is 1.12 bits per heavy atom. The lowest BCUT2D eigenvalue weighted by Crippen LogP contribution is -1.89. The van der Waals surface area contributed by atoms with Gasteiger partial charge in [0.15, 0.2) is 5.13 Å². The van der Waals surface area contributed by atoms with E-state index in [0.717, 1.165) is 72.1 Å². The molecule has 5 rings (SSSR count). The van der Waals surface area contributed by atoms with Gasteiger partial charge in [0.2, 0.25) is 0 Å². The summed E-state index contributed by atoms with van der Waals surface area (Å²) in [6, 6.07) is 11.1. The summed E-state index contributed by atoms with van der Waals surface area (Å²) in [5, 5.41) is 8.27. The van der Waals surface area contributed by atoms with Gasteiger partial charge >= 0.3 is 0 Å². The van der Waals surface area contributed by atoms with E-state index in [1.165, 1.54) is 6.07 Å². The van der Waals surface area contributed by atoms with Crippen molar-refractivity contribution in [3.8, 4) is 22.0 Å². The first-order valence-electron chi connectivity index (χ1n) is 10.1. The normalized spacial score (nSPS) is 12.7. The zero-order valence-electron chi connectivity index (χ0n) is 17.6. The molecule has 5 nitrogen and oxygen atoms in total. The highest BCUT2D eigenvalue weighted by atomic mass is 32.1. The van der Waals surface area contributed by atoms with Crippen molar-refractivity contribution in [2.24, 2.45) is 0 Å². The highest BCUT2D eigenvalue weighted by molar-refractivity contribution is 7.13. The van der Waals surface area contributed by atoms with Crippen LogP contribution < -0.4 is 0 Å². The van der Waals surface area contributed by atoms with Crippen molar-refractivity contribution in [3.63, 3.8) is 0 Å². The summed E-state index contributed by atoms with van der Waals surface area (Å²) in [4.78, 5) is 13.6. The van der Waals surface area contributed by atoms with Gasteiger partial charge in [0.1, 0.15) is 11.2 Å². The smallest absolute Gasteiger partial charge is 0.177 e. The van der Waals surface area contributed by atoms with Gasteiger partial charge in [-0.1, -0.05) is 30.4 Å². The molecule has 5 aromatic heterocycles. The molecule has 7 heteroatoms. The highest BCUT2D eigenvalue weighted by Gasteiger charge is 2.16. The number of hydrogen-bond donors (Lipinski definition) is 2. The molecule has 5 heterocycles. The van der Waals surface area contributed by atoms with Crippen molar-refractivity contribution in [2.45, 2.75) is 13.8 Å². The predicted molar refractivity (Wildman–Crippen MR) is 130 cm³/mol. The number of fused-ring (bicyclic) bond motifs is 2. The number of aromatic amines is 2. The van der Waals surface area contributed by atoms with Crippen molar-refractivity contribution >= 4 is 38.8 Å². The van der Waals surface area contributed by atoms with Crippen LogP contribution in [-0.2, 0) is 0 Å². The Morgan fingerprint density at radius 3 is 2.75 bits per heavy atom.